The van der Waals surface area contributed by atoms with Gasteiger partial charge in [0, 0.05) is 6.07 Å². The minimum absolute atomic E-state index is 0.0697. The molecule has 190 valence electrons. The number of amides is 1. The second-order valence-corrected chi connectivity index (χ2v) is 10.0. The van der Waals surface area contributed by atoms with Gasteiger partial charge in [-0.25, -0.2) is 8.42 Å². The maximum atomic E-state index is 13.7. The molecule has 0 spiro atoms. The monoisotopic (exact) mass is 516 g/mol. The number of ether oxygens (including phenoxy) is 2. The minimum atomic E-state index is -4.08. The van der Waals surface area contributed by atoms with Crippen LogP contribution in [0.4, 0.5) is 5.69 Å². The third-order valence-corrected chi connectivity index (χ3v) is 7.63. The summed E-state index contributed by atoms with van der Waals surface area (Å²) in [6.07, 6.45) is 0. The molecule has 0 aliphatic rings. The van der Waals surface area contributed by atoms with Crippen molar-refractivity contribution >= 4 is 21.6 Å². The lowest BCUT2D eigenvalue weighted by Gasteiger charge is -2.26. The van der Waals surface area contributed by atoms with E-state index in [2.05, 4.69) is 5.32 Å². The summed E-state index contributed by atoms with van der Waals surface area (Å²) >= 11 is 0. The van der Waals surface area contributed by atoms with Gasteiger partial charge in [-0.3, -0.25) is 9.10 Å². The molecule has 4 aromatic carbocycles. The molecule has 0 bridgehead atoms. The first kappa shape index (κ1) is 25.8. The van der Waals surface area contributed by atoms with Gasteiger partial charge in [0.2, 0.25) is 5.91 Å². The molecule has 4 rings (SSSR count). The molecule has 0 aliphatic heterocycles. The molecule has 0 saturated carbocycles. The number of hydrogen-bond acceptors (Lipinski definition) is 5. The van der Waals surface area contributed by atoms with E-state index < -0.39 is 28.5 Å². The topological polar surface area (TPSA) is 84.9 Å². The van der Waals surface area contributed by atoms with Gasteiger partial charge in [-0.1, -0.05) is 78.9 Å². The van der Waals surface area contributed by atoms with E-state index >= 15 is 0 Å². The number of rotatable bonds is 10. The van der Waals surface area contributed by atoms with Crippen molar-refractivity contribution in [1.29, 1.82) is 0 Å². The van der Waals surface area contributed by atoms with Gasteiger partial charge in [-0.15, -0.1) is 0 Å². The van der Waals surface area contributed by atoms with Crippen molar-refractivity contribution in [3.63, 3.8) is 0 Å². The van der Waals surface area contributed by atoms with Crippen molar-refractivity contribution in [2.75, 3.05) is 25.1 Å². The minimum Gasteiger partial charge on any atom is -0.493 e. The Balaban J connectivity index is 1.71. The van der Waals surface area contributed by atoms with Crippen molar-refractivity contribution in [1.82, 2.24) is 5.32 Å². The second kappa shape index (κ2) is 11.6. The summed E-state index contributed by atoms with van der Waals surface area (Å²) in [7, 11) is -1.12. The van der Waals surface area contributed by atoms with E-state index in [9.17, 15) is 13.2 Å². The summed E-state index contributed by atoms with van der Waals surface area (Å²) in [6.45, 7) is -0.442. The van der Waals surface area contributed by atoms with E-state index in [1.807, 2.05) is 60.7 Å². The molecule has 0 aliphatic carbocycles. The average Bonchev–Trinajstić information content (AvgIpc) is 2.95. The standard InChI is InChI=1S/C29H28N2O5S/c1-35-26-19-18-24(20-27(26)36-2)31(37(33,34)25-16-10-5-11-17-25)21-28(32)30-29(22-12-6-3-7-13-22)23-14-8-4-9-15-23/h3-20,29H,21H2,1-2H3,(H,30,32). The molecule has 1 amide bonds. The van der Waals surface area contributed by atoms with Crippen molar-refractivity contribution in [3.05, 3.63) is 120 Å². The number of sulfonamides is 1. The zero-order valence-electron chi connectivity index (χ0n) is 20.6. The summed E-state index contributed by atoms with van der Waals surface area (Å²) in [6, 6.07) is 31.4. The van der Waals surface area contributed by atoms with Crippen molar-refractivity contribution in [3.8, 4) is 11.5 Å². The first-order chi connectivity index (χ1) is 17.9. The van der Waals surface area contributed by atoms with Crippen LogP contribution >= 0.6 is 0 Å². The SMILES string of the molecule is COc1ccc(N(CC(=O)NC(c2ccccc2)c2ccccc2)S(=O)(=O)c2ccccc2)cc1OC. The Labute approximate surface area is 217 Å². The first-order valence-electron chi connectivity index (χ1n) is 11.6. The van der Waals surface area contributed by atoms with E-state index in [4.69, 9.17) is 9.47 Å². The van der Waals surface area contributed by atoms with Gasteiger partial charge >= 0.3 is 0 Å². The number of carbonyl (C=O) groups excluding carboxylic acids is 1. The molecule has 37 heavy (non-hydrogen) atoms. The van der Waals surface area contributed by atoms with Crippen LogP contribution in [0.25, 0.3) is 0 Å². The Morgan fingerprint density at radius 3 is 1.78 bits per heavy atom. The number of carbonyl (C=O) groups is 1. The largest absolute Gasteiger partial charge is 0.493 e. The van der Waals surface area contributed by atoms with Crippen LogP contribution in [-0.4, -0.2) is 35.1 Å². The van der Waals surface area contributed by atoms with Gasteiger partial charge < -0.3 is 14.8 Å². The van der Waals surface area contributed by atoms with Crippen LogP contribution in [0.5, 0.6) is 11.5 Å². The Morgan fingerprint density at radius 2 is 1.27 bits per heavy atom. The number of methoxy groups -OCH3 is 2. The lowest BCUT2D eigenvalue weighted by atomic mass is 9.99. The molecule has 0 heterocycles. The Kier molecular flexibility index (Phi) is 8.10. The molecule has 4 aromatic rings. The molecule has 0 saturated heterocycles. The van der Waals surface area contributed by atoms with Crippen LogP contribution in [0.1, 0.15) is 17.2 Å². The fourth-order valence-corrected chi connectivity index (χ4v) is 5.44. The lowest BCUT2D eigenvalue weighted by molar-refractivity contribution is -0.120. The fraction of sp³-hybridized carbons (Fsp3) is 0.138. The number of nitrogens with zero attached hydrogens (tertiary/aromatic N) is 1. The Bertz CT molecular complexity index is 1390. The van der Waals surface area contributed by atoms with Crippen LogP contribution in [-0.2, 0) is 14.8 Å². The zero-order valence-corrected chi connectivity index (χ0v) is 21.4. The summed E-state index contributed by atoms with van der Waals surface area (Å²) in [5.41, 5.74) is 2.03. The Hall–Kier alpha value is -4.30. The van der Waals surface area contributed by atoms with Crippen molar-refractivity contribution in [2.24, 2.45) is 0 Å². The maximum Gasteiger partial charge on any atom is 0.264 e. The molecule has 0 aromatic heterocycles. The molecule has 1 N–H and O–H groups in total. The van der Waals surface area contributed by atoms with E-state index in [1.165, 1.54) is 26.4 Å². The number of anilines is 1. The summed E-state index contributed by atoms with van der Waals surface area (Å²) in [5.74, 6) is 0.327. The molecule has 0 fully saturated rings. The number of hydrogen-bond donors (Lipinski definition) is 1. The third kappa shape index (κ3) is 5.92. The molecule has 8 heteroatoms. The summed E-state index contributed by atoms with van der Waals surface area (Å²) in [5, 5.41) is 3.02. The van der Waals surface area contributed by atoms with Gasteiger partial charge in [0.15, 0.2) is 11.5 Å². The van der Waals surface area contributed by atoms with Gasteiger partial charge in [0.25, 0.3) is 10.0 Å². The highest BCUT2D eigenvalue weighted by Crippen LogP contribution is 2.34. The van der Waals surface area contributed by atoms with E-state index in [0.717, 1.165) is 15.4 Å². The lowest BCUT2D eigenvalue weighted by Crippen LogP contribution is -2.42. The predicted molar refractivity (Wildman–Crippen MR) is 143 cm³/mol. The van der Waals surface area contributed by atoms with Crippen LogP contribution in [0.2, 0.25) is 0 Å². The zero-order chi connectivity index (χ0) is 26.3. The molecule has 0 radical (unpaired) electrons. The van der Waals surface area contributed by atoms with Gasteiger partial charge in [0.05, 0.1) is 30.8 Å². The normalized spacial score (nSPS) is 11.1. The third-order valence-electron chi connectivity index (χ3n) is 5.84. The smallest absolute Gasteiger partial charge is 0.264 e. The highest BCUT2D eigenvalue weighted by atomic mass is 32.2. The number of nitrogens with one attached hydrogen (secondary N) is 1. The highest BCUT2D eigenvalue weighted by molar-refractivity contribution is 7.92. The van der Waals surface area contributed by atoms with Crippen LogP contribution < -0.4 is 19.1 Å². The quantitative estimate of drug-likeness (QED) is 0.327. The number of benzene rings is 4. The fourth-order valence-electron chi connectivity index (χ4n) is 4.00. The molecular formula is C29H28N2O5S. The maximum absolute atomic E-state index is 13.7. The van der Waals surface area contributed by atoms with Crippen LogP contribution in [0, 0.1) is 0 Å². The highest BCUT2D eigenvalue weighted by Gasteiger charge is 2.29. The predicted octanol–water partition coefficient (Wildman–Crippen LogP) is 4.80. The van der Waals surface area contributed by atoms with Crippen LogP contribution in [0.15, 0.2) is 114 Å². The van der Waals surface area contributed by atoms with Gasteiger partial charge in [0.1, 0.15) is 6.54 Å². The molecule has 0 atom stereocenters. The first-order valence-corrected chi connectivity index (χ1v) is 13.1. The van der Waals surface area contributed by atoms with Crippen LogP contribution in [0.3, 0.4) is 0 Å². The summed E-state index contributed by atoms with van der Waals surface area (Å²) in [4.78, 5) is 13.5. The van der Waals surface area contributed by atoms with Crippen molar-refractivity contribution < 1.29 is 22.7 Å². The second-order valence-electron chi connectivity index (χ2n) is 8.19. The molecule has 7 nitrogen and oxygen atoms in total. The summed E-state index contributed by atoms with van der Waals surface area (Å²) < 4.78 is 39.2. The van der Waals surface area contributed by atoms with Gasteiger partial charge in [-0.05, 0) is 35.4 Å². The van der Waals surface area contributed by atoms with Gasteiger partial charge in [-0.2, -0.15) is 0 Å². The van der Waals surface area contributed by atoms with E-state index in [-0.39, 0.29) is 10.6 Å². The molecule has 0 unspecified atom stereocenters. The van der Waals surface area contributed by atoms with E-state index in [1.54, 1.807) is 36.4 Å². The Morgan fingerprint density at radius 1 is 0.757 bits per heavy atom. The average molecular weight is 517 g/mol. The van der Waals surface area contributed by atoms with E-state index in [0.29, 0.717) is 11.5 Å². The molecular weight excluding hydrogens is 488 g/mol. The van der Waals surface area contributed by atoms with Crippen molar-refractivity contribution in [2.45, 2.75) is 10.9 Å².